The van der Waals surface area contributed by atoms with Gasteiger partial charge in [-0.2, -0.15) is 0 Å². The Morgan fingerprint density at radius 2 is 1.29 bits per heavy atom. The van der Waals surface area contributed by atoms with E-state index in [1.165, 1.54) is 0 Å². The predicted molar refractivity (Wildman–Crippen MR) is 21.7 cm³/mol. The van der Waals surface area contributed by atoms with Crippen molar-refractivity contribution in [3.8, 4) is 0 Å². The van der Waals surface area contributed by atoms with Crippen LogP contribution in [0.15, 0.2) is 0 Å². The normalized spacial score (nSPS) is 13.3. The van der Waals surface area contributed by atoms with Gasteiger partial charge in [0, 0.05) is 0 Å². The van der Waals surface area contributed by atoms with Crippen LogP contribution in [0.4, 0.5) is 13.2 Å². The molecular weight excluding hydrogens is 137 g/mol. The van der Waals surface area contributed by atoms with E-state index in [9.17, 15) is 13.2 Å². The molecular formula is C2H5CaF3O. The fourth-order valence-corrected chi connectivity index (χ4v) is 0. The Balaban J connectivity index is 0. The first kappa shape index (κ1) is 10.9. The quantitative estimate of drug-likeness (QED) is 0.495. The summed E-state index contributed by atoms with van der Waals surface area (Å²) in [7, 11) is 0. The molecule has 0 aromatic carbocycles. The fraction of sp³-hybridized carbons (Fsp3) is 1.00. The molecule has 1 unspecified atom stereocenters. The second-order valence-electron chi connectivity index (χ2n) is 0.707. The first-order valence-corrected chi connectivity index (χ1v) is 1.25. The zero-order chi connectivity index (χ0) is 5.15. The van der Waals surface area contributed by atoms with E-state index in [2.05, 4.69) is 0 Å². The van der Waals surface area contributed by atoms with Gasteiger partial charge < -0.3 is 5.11 Å². The third-order valence-electron chi connectivity index (χ3n) is 0.208. The average Bonchev–Trinajstić information content (AvgIpc) is 1.36. The van der Waals surface area contributed by atoms with Crippen molar-refractivity contribution in [2.75, 3.05) is 0 Å². The number of halogens is 3. The van der Waals surface area contributed by atoms with Crippen molar-refractivity contribution < 1.29 is 18.3 Å². The molecule has 0 aliphatic rings. The predicted octanol–water partition coefficient (Wildman–Crippen LogP) is -0.377. The molecule has 0 aromatic heterocycles. The van der Waals surface area contributed by atoms with Gasteiger partial charge in [-0.25, -0.2) is 13.2 Å². The van der Waals surface area contributed by atoms with Gasteiger partial charge in [0.25, 0.3) is 12.8 Å². The zero-order valence-corrected chi connectivity index (χ0v) is 2.74. The van der Waals surface area contributed by atoms with E-state index in [0.29, 0.717) is 0 Å². The van der Waals surface area contributed by atoms with E-state index in [0.717, 1.165) is 0 Å². The fourth-order valence-electron chi connectivity index (χ4n) is 0. The summed E-state index contributed by atoms with van der Waals surface area (Å²) in [6, 6.07) is 0. The monoisotopic (exact) mass is 142 g/mol. The van der Waals surface area contributed by atoms with Crippen LogP contribution in [-0.2, 0) is 0 Å². The Morgan fingerprint density at radius 1 is 1.14 bits per heavy atom. The van der Waals surface area contributed by atoms with E-state index in [4.69, 9.17) is 5.11 Å². The third-order valence-corrected chi connectivity index (χ3v) is 0.208. The van der Waals surface area contributed by atoms with E-state index in [1.54, 1.807) is 0 Å². The molecule has 0 saturated heterocycles. The molecule has 1 N–H and O–H groups in total. The van der Waals surface area contributed by atoms with Crippen LogP contribution in [0, 0.1) is 0 Å². The van der Waals surface area contributed by atoms with Crippen LogP contribution in [-0.4, -0.2) is 55.6 Å². The maximum absolute atomic E-state index is 10.6. The standard InChI is InChI=1S/C2H3F3O.Ca.2H/c3-1(4)2(5)6;;;/h1-2,6H;;;. The van der Waals surface area contributed by atoms with Gasteiger partial charge in [0.05, 0.1) is 0 Å². The van der Waals surface area contributed by atoms with Crippen molar-refractivity contribution >= 4 is 37.7 Å². The zero-order valence-electron chi connectivity index (χ0n) is 2.74. The summed E-state index contributed by atoms with van der Waals surface area (Å²) in [5, 5.41) is 7.21. The summed E-state index contributed by atoms with van der Waals surface area (Å²) in [4.78, 5) is 0. The molecule has 0 fully saturated rings. The molecule has 0 rings (SSSR count). The Morgan fingerprint density at radius 3 is 1.29 bits per heavy atom. The molecule has 7 heavy (non-hydrogen) atoms. The second-order valence-corrected chi connectivity index (χ2v) is 0.707. The van der Waals surface area contributed by atoms with E-state index in [-0.39, 0.29) is 37.7 Å². The van der Waals surface area contributed by atoms with Gasteiger partial charge >= 0.3 is 37.7 Å². The van der Waals surface area contributed by atoms with Gasteiger partial charge in [0.1, 0.15) is 0 Å². The number of alkyl halides is 3. The Bertz CT molecular complexity index is 33.9. The SMILES string of the molecule is OC(F)C(F)F.[CaH2]. The molecule has 0 aliphatic carbocycles. The Hall–Kier alpha value is 1.01. The molecule has 0 radical (unpaired) electrons. The van der Waals surface area contributed by atoms with Gasteiger partial charge in [-0.05, 0) is 0 Å². The van der Waals surface area contributed by atoms with Gasteiger partial charge in [0.15, 0.2) is 0 Å². The molecule has 0 saturated carbocycles. The molecule has 0 aromatic rings. The minimum atomic E-state index is -3.26. The second kappa shape index (κ2) is 5.15. The number of hydrogen-bond donors (Lipinski definition) is 1. The van der Waals surface area contributed by atoms with Crippen molar-refractivity contribution in [1.29, 1.82) is 0 Å². The topological polar surface area (TPSA) is 20.2 Å². The van der Waals surface area contributed by atoms with Crippen LogP contribution in [0.1, 0.15) is 0 Å². The summed E-state index contributed by atoms with van der Waals surface area (Å²) in [5.74, 6) is 0. The Kier molecular flexibility index (Phi) is 8.02. The number of hydrogen-bond acceptors (Lipinski definition) is 1. The van der Waals surface area contributed by atoms with E-state index >= 15 is 0 Å². The van der Waals surface area contributed by atoms with Crippen molar-refractivity contribution in [2.24, 2.45) is 0 Å². The van der Waals surface area contributed by atoms with Crippen LogP contribution < -0.4 is 0 Å². The summed E-state index contributed by atoms with van der Waals surface area (Å²) in [5.41, 5.74) is 0. The summed E-state index contributed by atoms with van der Waals surface area (Å²) in [6.07, 6.45) is -6.24. The van der Waals surface area contributed by atoms with Crippen LogP contribution in [0.3, 0.4) is 0 Å². The van der Waals surface area contributed by atoms with Gasteiger partial charge in [-0.15, -0.1) is 0 Å². The van der Waals surface area contributed by atoms with Gasteiger partial charge in [0.2, 0.25) is 0 Å². The van der Waals surface area contributed by atoms with Crippen LogP contribution in [0.5, 0.6) is 0 Å². The minimum absolute atomic E-state index is 0. The van der Waals surface area contributed by atoms with Crippen LogP contribution in [0.2, 0.25) is 0 Å². The van der Waals surface area contributed by atoms with Gasteiger partial charge in [-0.3, -0.25) is 0 Å². The van der Waals surface area contributed by atoms with Crippen molar-refractivity contribution in [1.82, 2.24) is 0 Å². The molecule has 0 spiro atoms. The van der Waals surface area contributed by atoms with Crippen LogP contribution >= 0.6 is 0 Å². The number of aliphatic hydroxyl groups is 1. The molecule has 42 valence electrons. The number of aliphatic hydroxyl groups excluding tert-OH is 1. The summed E-state index contributed by atoms with van der Waals surface area (Å²) < 4.78 is 31.7. The molecule has 0 amide bonds. The molecule has 0 bridgehead atoms. The van der Waals surface area contributed by atoms with E-state index < -0.39 is 12.8 Å². The van der Waals surface area contributed by atoms with Crippen molar-refractivity contribution in [3.63, 3.8) is 0 Å². The molecule has 0 aliphatic heterocycles. The summed E-state index contributed by atoms with van der Waals surface area (Å²) in [6.45, 7) is 0. The molecule has 0 heterocycles. The Labute approximate surface area is 68.5 Å². The average molecular weight is 142 g/mol. The first-order valence-electron chi connectivity index (χ1n) is 1.25. The van der Waals surface area contributed by atoms with E-state index in [1.807, 2.05) is 0 Å². The molecule has 1 atom stereocenters. The van der Waals surface area contributed by atoms with Gasteiger partial charge in [-0.1, -0.05) is 0 Å². The summed E-state index contributed by atoms with van der Waals surface area (Å²) >= 11 is 0. The maximum atomic E-state index is 10.6. The van der Waals surface area contributed by atoms with Crippen molar-refractivity contribution in [3.05, 3.63) is 0 Å². The van der Waals surface area contributed by atoms with Crippen molar-refractivity contribution in [2.45, 2.75) is 12.8 Å². The first-order chi connectivity index (χ1) is 2.64. The molecule has 5 heteroatoms. The molecule has 1 nitrogen and oxygen atoms in total. The van der Waals surface area contributed by atoms with Crippen LogP contribution in [0.25, 0.3) is 0 Å². The number of rotatable bonds is 1. The third kappa shape index (κ3) is 7.01.